The van der Waals surface area contributed by atoms with Crippen LogP contribution in [0.25, 0.3) is 0 Å². The van der Waals surface area contributed by atoms with Crippen LogP contribution in [0.1, 0.15) is 21.5 Å². The molecule has 0 aromatic heterocycles. The van der Waals surface area contributed by atoms with Crippen LogP contribution >= 0.6 is 12.6 Å². The highest BCUT2D eigenvalue weighted by molar-refractivity contribution is 7.80. The van der Waals surface area contributed by atoms with E-state index in [1.165, 1.54) is 23.3 Å². The van der Waals surface area contributed by atoms with Crippen molar-refractivity contribution in [1.29, 1.82) is 0 Å². The van der Waals surface area contributed by atoms with Crippen LogP contribution in [0.2, 0.25) is 0 Å². The highest BCUT2D eigenvalue weighted by atomic mass is 32.1. The number of rotatable bonds is 6. The molecule has 0 saturated heterocycles. The molecule has 0 heterocycles. The Morgan fingerprint density at radius 1 is 1.12 bits per heavy atom. The van der Waals surface area contributed by atoms with Crippen LogP contribution in [0, 0.1) is 6.92 Å². The molecule has 2 aromatic rings. The largest absolute Gasteiger partial charge is 0.478 e. The van der Waals surface area contributed by atoms with Crippen molar-refractivity contribution >= 4 is 30.3 Å². The Morgan fingerprint density at radius 2 is 1.79 bits per heavy atom. The maximum absolute atomic E-state index is 12.1. The summed E-state index contributed by atoms with van der Waals surface area (Å²) in [7, 11) is 0. The normalized spacial score (nSPS) is 11.6. The van der Waals surface area contributed by atoms with Crippen molar-refractivity contribution in [3.05, 3.63) is 65.2 Å². The summed E-state index contributed by atoms with van der Waals surface area (Å²) in [5.74, 6) is -0.487. The van der Waals surface area contributed by atoms with Crippen LogP contribution in [-0.2, 0) is 6.42 Å². The zero-order chi connectivity index (χ0) is 17.5. The first-order valence-electron chi connectivity index (χ1n) is 7.56. The van der Waals surface area contributed by atoms with Gasteiger partial charge in [0.2, 0.25) is 0 Å². The number of aromatic carboxylic acids is 1. The molecule has 1 atom stereocenters. The summed E-state index contributed by atoms with van der Waals surface area (Å²) in [6.07, 6.45) is 0.696. The zero-order valence-corrected chi connectivity index (χ0v) is 14.2. The number of nitrogens with one attached hydrogen (secondary N) is 2. The van der Waals surface area contributed by atoms with Gasteiger partial charge in [-0.15, -0.1) is 0 Å². The SMILES string of the molecule is Cc1ccccc1CC(CS)NC(=O)Nc1ccc(C(=O)O)cc1. The van der Waals surface area contributed by atoms with E-state index >= 15 is 0 Å². The van der Waals surface area contributed by atoms with Crippen molar-refractivity contribution in [3.63, 3.8) is 0 Å². The van der Waals surface area contributed by atoms with E-state index in [9.17, 15) is 9.59 Å². The number of carbonyl (C=O) groups is 2. The van der Waals surface area contributed by atoms with Crippen molar-refractivity contribution in [2.45, 2.75) is 19.4 Å². The Labute approximate surface area is 146 Å². The summed E-state index contributed by atoms with van der Waals surface area (Å²) < 4.78 is 0. The van der Waals surface area contributed by atoms with E-state index < -0.39 is 5.97 Å². The number of hydrogen-bond acceptors (Lipinski definition) is 3. The van der Waals surface area contributed by atoms with E-state index in [0.717, 1.165) is 0 Å². The molecule has 2 rings (SSSR count). The molecule has 3 N–H and O–H groups in total. The molecule has 126 valence electrons. The fraction of sp³-hybridized carbons (Fsp3) is 0.222. The predicted octanol–water partition coefficient (Wildman–Crippen LogP) is 3.36. The van der Waals surface area contributed by atoms with Crippen molar-refractivity contribution in [3.8, 4) is 0 Å². The average Bonchev–Trinajstić information content (AvgIpc) is 2.56. The number of carbonyl (C=O) groups excluding carboxylic acids is 1. The number of benzene rings is 2. The van der Waals surface area contributed by atoms with Gasteiger partial charge in [-0.05, 0) is 48.7 Å². The highest BCUT2D eigenvalue weighted by Gasteiger charge is 2.13. The Kier molecular flexibility index (Phi) is 6.26. The van der Waals surface area contributed by atoms with Gasteiger partial charge in [-0.25, -0.2) is 9.59 Å². The van der Waals surface area contributed by atoms with Gasteiger partial charge in [-0.1, -0.05) is 24.3 Å². The summed E-state index contributed by atoms with van der Waals surface area (Å²) in [4.78, 5) is 22.9. The number of hydrogen-bond donors (Lipinski definition) is 4. The predicted molar refractivity (Wildman–Crippen MR) is 98.1 cm³/mol. The molecular weight excluding hydrogens is 324 g/mol. The van der Waals surface area contributed by atoms with Gasteiger partial charge in [0.25, 0.3) is 0 Å². The lowest BCUT2D eigenvalue weighted by Crippen LogP contribution is -2.40. The number of carboxylic acids is 1. The molecule has 5 nitrogen and oxygen atoms in total. The lowest BCUT2D eigenvalue weighted by Gasteiger charge is -2.18. The smallest absolute Gasteiger partial charge is 0.335 e. The van der Waals surface area contributed by atoms with Gasteiger partial charge in [0.15, 0.2) is 0 Å². The number of amides is 2. The summed E-state index contributed by atoms with van der Waals surface area (Å²) in [5, 5.41) is 14.4. The standard InChI is InChI=1S/C18H20N2O3S/c1-12-4-2-3-5-14(12)10-16(11-24)20-18(23)19-15-8-6-13(7-9-15)17(21)22/h2-9,16,24H,10-11H2,1H3,(H,21,22)(H2,19,20,23). The van der Waals surface area contributed by atoms with Gasteiger partial charge in [0.1, 0.15) is 0 Å². The van der Waals surface area contributed by atoms with Crippen molar-refractivity contribution in [2.24, 2.45) is 0 Å². The summed E-state index contributed by atoms with van der Waals surface area (Å²) >= 11 is 4.31. The van der Waals surface area contributed by atoms with Crippen molar-refractivity contribution < 1.29 is 14.7 Å². The highest BCUT2D eigenvalue weighted by Crippen LogP contribution is 2.12. The van der Waals surface area contributed by atoms with Gasteiger partial charge >= 0.3 is 12.0 Å². The van der Waals surface area contributed by atoms with E-state index in [2.05, 4.69) is 23.3 Å². The van der Waals surface area contributed by atoms with Crippen LogP contribution in [-0.4, -0.2) is 28.9 Å². The second kappa shape index (κ2) is 8.40. The second-order valence-corrected chi connectivity index (χ2v) is 5.86. The Hall–Kier alpha value is -2.47. The minimum absolute atomic E-state index is 0.104. The number of thiol groups is 1. The third kappa shape index (κ3) is 5.03. The van der Waals surface area contributed by atoms with Crippen LogP contribution in [0.5, 0.6) is 0 Å². The number of anilines is 1. The van der Waals surface area contributed by atoms with Crippen molar-refractivity contribution in [2.75, 3.05) is 11.1 Å². The second-order valence-electron chi connectivity index (χ2n) is 5.49. The van der Waals surface area contributed by atoms with Crippen LogP contribution < -0.4 is 10.6 Å². The Balaban J connectivity index is 1.94. The molecular formula is C18H20N2O3S. The average molecular weight is 344 g/mol. The molecule has 0 fully saturated rings. The van der Waals surface area contributed by atoms with E-state index in [1.54, 1.807) is 12.1 Å². The fourth-order valence-electron chi connectivity index (χ4n) is 2.31. The lowest BCUT2D eigenvalue weighted by atomic mass is 10.0. The quantitative estimate of drug-likeness (QED) is 0.607. The number of urea groups is 1. The van der Waals surface area contributed by atoms with E-state index in [0.29, 0.717) is 17.9 Å². The molecule has 0 aliphatic heterocycles. The van der Waals surface area contributed by atoms with Crippen molar-refractivity contribution in [1.82, 2.24) is 5.32 Å². The summed E-state index contributed by atoms with van der Waals surface area (Å²) in [6, 6.07) is 13.6. The summed E-state index contributed by atoms with van der Waals surface area (Å²) in [6.45, 7) is 2.04. The molecule has 0 spiro atoms. The third-order valence-corrected chi connectivity index (χ3v) is 4.11. The van der Waals surface area contributed by atoms with Gasteiger partial charge in [-0.2, -0.15) is 12.6 Å². The van der Waals surface area contributed by atoms with Gasteiger partial charge in [0.05, 0.1) is 5.56 Å². The third-order valence-electron chi connectivity index (χ3n) is 3.67. The number of aryl methyl sites for hydroxylation is 1. The van der Waals surface area contributed by atoms with Crippen LogP contribution in [0.15, 0.2) is 48.5 Å². The summed E-state index contributed by atoms with van der Waals surface area (Å²) in [5.41, 5.74) is 3.05. The van der Waals surface area contributed by atoms with E-state index in [-0.39, 0.29) is 17.6 Å². The molecule has 1 unspecified atom stereocenters. The molecule has 0 radical (unpaired) electrons. The topological polar surface area (TPSA) is 78.4 Å². The van der Waals surface area contributed by atoms with Crippen LogP contribution in [0.4, 0.5) is 10.5 Å². The minimum atomic E-state index is -1.00. The molecule has 0 saturated carbocycles. The Morgan fingerprint density at radius 3 is 2.38 bits per heavy atom. The van der Waals surface area contributed by atoms with Gasteiger partial charge < -0.3 is 15.7 Å². The van der Waals surface area contributed by atoms with Gasteiger partial charge in [0, 0.05) is 17.5 Å². The fourth-order valence-corrected chi connectivity index (χ4v) is 2.53. The molecule has 0 bridgehead atoms. The number of carboxylic acid groups (broad SMARTS) is 1. The molecule has 24 heavy (non-hydrogen) atoms. The molecule has 0 aliphatic rings. The zero-order valence-electron chi connectivity index (χ0n) is 13.3. The molecule has 2 aromatic carbocycles. The Bertz CT molecular complexity index is 716. The van der Waals surface area contributed by atoms with E-state index in [4.69, 9.17) is 5.11 Å². The van der Waals surface area contributed by atoms with Crippen LogP contribution in [0.3, 0.4) is 0 Å². The maximum atomic E-state index is 12.1. The van der Waals surface area contributed by atoms with E-state index in [1.807, 2.05) is 31.2 Å². The first kappa shape index (κ1) is 17.9. The first-order chi connectivity index (χ1) is 11.5. The monoisotopic (exact) mass is 344 g/mol. The molecule has 2 amide bonds. The first-order valence-corrected chi connectivity index (χ1v) is 8.19. The van der Waals surface area contributed by atoms with Gasteiger partial charge in [-0.3, -0.25) is 0 Å². The minimum Gasteiger partial charge on any atom is -0.478 e. The maximum Gasteiger partial charge on any atom is 0.335 e. The lowest BCUT2D eigenvalue weighted by molar-refractivity contribution is 0.0697. The molecule has 0 aliphatic carbocycles. The molecule has 6 heteroatoms.